The zero-order chi connectivity index (χ0) is 29.4. The Labute approximate surface area is 253 Å². The lowest BCUT2D eigenvalue weighted by Gasteiger charge is -2.26. The summed E-state index contributed by atoms with van der Waals surface area (Å²) < 4.78 is 28.8. The molecule has 3 aromatic carbocycles. The van der Waals surface area contributed by atoms with Crippen LogP contribution in [0, 0.1) is 0 Å². The lowest BCUT2D eigenvalue weighted by molar-refractivity contribution is -0.120. The Hall–Kier alpha value is -3.30. The number of likely N-dealkylation sites (N-methyl/N-ethyl adjacent to an activating group) is 1. The highest BCUT2D eigenvalue weighted by atomic mass is 32.2. The van der Waals surface area contributed by atoms with Gasteiger partial charge in [0, 0.05) is 43.6 Å². The molecule has 2 atom stereocenters. The van der Waals surface area contributed by atoms with Crippen LogP contribution in [-0.4, -0.2) is 66.2 Å². The van der Waals surface area contributed by atoms with Crippen molar-refractivity contribution in [1.29, 1.82) is 0 Å². The molecule has 0 amide bonds. The van der Waals surface area contributed by atoms with Crippen molar-refractivity contribution in [3.8, 4) is 11.1 Å². The predicted octanol–water partition coefficient (Wildman–Crippen LogP) is 6.12. The van der Waals surface area contributed by atoms with Crippen LogP contribution in [0.5, 0.6) is 0 Å². The molecule has 1 aliphatic heterocycles. The summed E-state index contributed by atoms with van der Waals surface area (Å²) in [5, 5.41) is -0.711. The summed E-state index contributed by atoms with van der Waals surface area (Å²) in [6, 6.07) is 32.9. The molecule has 8 heteroatoms. The largest absolute Gasteiger partial charge is 0.306 e. The molecule has 0 N–H and O–H groups in total. The van der Waals surface area contributed by atoms with Crippen LogP contribution < -0.4 is 0 Å². The van der Waals surface area contributed by atoms with Gasteiger partial charge in [0.15, 0.2) is 5.78 Å². The van der Waals surface area contributed by atoms with Gasteiger partial charge in [0.05, 0.1) is 4.90 Å². The topological polar surface area (TPSA) is 70.6 Å². The van der Waals surface area contributed by atoms with Crippen LogP contribution >= 0.6 is 11.8 Å². The second-order valence-corrected chi connectivity index (χ2v) is 13.7. The summed E-state index contributed by atoms with van der Waals surface area (Å²) in [6.07, 6.45) is 3.79. The van der Waals surface area contributed by atoms with E-state index in [0.717, 1.165) is 48.3 Å². The van der Waals surface area contributed by atoms with Gasteiger partial charge in [-0.15, -0.1) is 11.8 Å². The second-order valence-electron chi connectivity index (χ2n) is 10.7. The number of thioether (sulfide) groups is 1. The average molecular weight is 600 g/mol. The fourth-order valence-corrected chi connectivity index (χ4v) is 8.50. The van der Waals surface area contributed by atoms with Crippen molar-refractivity contribution in [1.82, 2.24) is 14.2 Å². The standard InChI is InChI=1S/C34H37N3O3S2/c1-36(23-20-31-14-8-9-21-35-31)22-19-30(28-12-6-3-7-13-28)26-33(38)34-37(24-25-41-34)42(39,40)32-17-15-29(16-18-32)27-10-4-2-5-11-27/h2-18,21,30,34H,19-20,22-26H2,1H3/t30-,34+/m1/s1. The summed E-state index contributed by atoms with van der Waals surface area (Å²) in [7, 11) is -1.72. The normalized spacial score (nSPS) is 16.5. The highest BCUT2D eigenvalue weighted by Gasteiger charge is 2.40. The van der Waals surface area contributed by atoms with Gasteiger partial charge >= 0.3 is 0 Å². The van der Waals surface area contributed by atoms with Crippen molar-refractivity contribution in [2.45, 2.75) is 35.4 Å². The van der Waals surface area contributed by atoms with Crippen LogP contribution in [0.3, 0.4) is 0 Å². The lowest BCUT2D eigenvalue weighted by atomic mass is 9.90. The van der Waals surface area contributed by atoms with Crippen LogP contribution in [0.25, 0.3) is 11.1 Å². The molecule has 0 bridgehead atoms. The monoisotopic (exact) mass is 599 g/mol. The number of hydrogen-bond acceptors (Lipinski definition) is 6. The number of rotatable bonds is 13. The van der Waals surface area contributed by atoms with Gasteiger partial charge in [-0.25, -0.2) is 8.42 Å². The SMILES string of the molecule is CN(CCc1ccccn1)CC[C@H](CC(=O)[C@@H]1SCCN1S(=O)(=O)c1ccc(-c2ccccc2)cc1)c1ccccc1. The zero-order valence-electron chi connectivity index (χ0n) is 23.9. The van der Waals surface area contributed by atoms with Crippen LogP contribution in [0.1, 0.15) is 30.0 Å². The first-order valence-corrected chi connectivity index (χ1v) is 16.9. The van der Waals surface area contributed by atoms with Crippen molar-refractivity contribution in [3.05, 3.63) is 121 Å². The molecule has 0 saturated carbocycles. The van der Waals surface area contributed by atoms with Crippen molar-refractivity contribution in [2.24, 2.45) is 0 Å². The van der Waals surface area contributed by atoms with Crippen molar-refractivity contribution >= 4 is 27.6 Å². The molecular weight excluding hydrogens is 563 g/mol. The number of sulfonamides is 1. The molecule has 0 aliphatic carbocycles. The van der Waals surface area contributed by atoms with Crippen molar-refractivity contribution in [2.75, 3.05) is 32.4 Å². The van der Waals surface area contributed by atoms with Crippen LogP contribution in [0.2, 0.25) is 0 Å². The maximum Gasteiger partial charge on any atom is 0.244 e. The van der Waals surface area contributed by atoms with Gasteiger partial charge in [0.2, 0.25) is 10.0 Å². The highest BCUT2D eigenvalue weighted by Crippen LogP contribution is 2.35. The number of nitrogens with zero attached hydrogens (tertiary/aromatic N) is 3. The van der Waals surface area contributed by atoms with Gasteiger partial charge in [0.25, 0.3) is 0 Å². The van der Waals surface area contributed by atoms with E-state index in [4.69, 9.17) is 0 Å². The molecule has 1 fully saturated rings. The van der Waals surface area contributed by atoms with Gasteiger partial charge in [-0.1, -0.05) is 78.9 Å². The summed E-state index contributed by atoms with van der Waals surface area (Å²) in [6.45, 7) is 2.03. The maximum atomic E-state index is 13.8. The predicted molar refractivity (Wildman–Crippen MR) is 171 cm³/mol. The third-order valence-corrected chi connectivity index (χ3v) is 11.0. The Morgan fingerprint density at radius 2 is 1.57 bits per heavy atom. The van der Waals surface area contributed by atoms with Crippen LogP contribution in [-0.2, 0) is 21.2 Å². The Morgan fingerprint density at radius 3 is 2.26 bits per heavy atom. The first-order valence-electron chi connectivity index (χ1n) is 14.4. The Balaban J connectivity index is 1.25. The van der Waals surface area contributed by atoms with E-state index in [2.05, 4.69) is 29.1 Å². The molecule has 1 saturated heterocycles. The van der Waals surface area contributed by atoms with Gasteiger partial charge < -0.3 is 4.90 Å². The number of pyridine rings is 1. The number of hydrogen-bond donors (Lipinski definition) is 0. The van der Waals surface area contributed by atoms with Crippen molar-refractivity contribution in [3.63, 3.8) is 0 Å². The van der Waals surface area contributed by atoms with Crippen LogP contribution in [0.15, 0.2) is 114 Å². The number of carbonyl (C=O) groups is 1. The number of carbonyl (C=O) groups excluding carboxylic acids is 1. The molecular formula is C34H37N3O3S2. The van der Waals surface area contributed by atoms with E-state index in [1.807, 2.05) is 85.1 Å². The van der Waals surface area contributed by atoms with Crippen molar-refractivity contribution < 1.29 is 13.2 Å². The maximum absolute atomic E-state index is 13.8. The third-order valence-electron chi connectivity index (χ3n) is 7.75. The zero-order valence-corrected chi connectivity index (χ0v) is 25.5. The summed E-state index contributed by atoms with van der Waals surface area (Å²) in [5.41, 5.74) is 4.15. The van der Waals surface area contributed by atoms with E-state index < -0.39 is 15.4 Å². The minimum absolute atomic E-state index is 0.00640. The molecule has 42 heavy (non-hydrogen) atoms. The minimum Gasteiger partial charge on any atom is -0.306 e. The van der Waals surface area contributed by atoms with E-state index >= 15 is 0 Å². The molecule has 218 valence electrons. The van der Waals surface area contributed by atoms with E-state index in [1.54, 1.807) is 12.1 Å². The Bertz CT molecular complexity index is 1530. The number of benzene rings is 3. The lowest BCUT2D eigenvalue weighted by Crippen LogP contribution is -2.40. The summed E-state index contributed by atoms with van der Waals surface area (Å²) >= 11 is 1.43. The average Bonchev–Trinajstić information content (AvgIpc) is 3.55. The second kappa shape index (κ2) is 14.2. The van der Waals surface area contributed by atoms with E-state index in [-0.39, 0.29) is 16.6 Å². The molecule has 5 rings (SSSR count). The van der Waals surface area contributed by atoms with Gasteiger partial charge in [-0.2, -0.15) is 4.31 Å². The fourth-order valence-electron chi connectivity index (χ4n) is 5.33. The Kier molecular flexibility index (Phi) is 10.2. The smallest absolute Gasteiger partial charge is 0.244 e. The molecule has 6 nitrogen and oxygen atoms in total. The van der Waals surface area contributed by atoms with Gasteiger partial charge in [0.1, 0.15) is 5.37 Å². The molecule has 0 unspecified atom stereocenters. The Morgan fingerprint density at radius 1 is 0.905 bits per heavy atom. The summed E-state index contributed by atoms with van der Waals surface area (Å²) in [4.78, 5) is 20.7. The molecule has 0 spiro atoms. The van der Waals surface area contributed by atoms with Gasteiger partial charge in [-0.05, 0) is 66.9 Å². The number of Topliss-reactive ketones (excluding diaryl/α,β-unsaturated/α-hetero) is 1. The number of aromatic nitrogens is 1. The minimum atomic E-state index is -3.81. The molecule has 1 aromatic heterocycles. The van der Waals surface area contributed by atoms with E-state index in [1.165, 1.54) is 16.1 Å². The van der Waals surface area contributed by atoms with Crippen LogP contribution in [0.4, 0.5) is 0 Å². The molecule has 4 aromatic rings. The molecule has 2 heterocycles. The first kappa shape index (κ1) is 30.2. The number of ketones is 1. The highest BCUT2D eigenvalue weighted by molar-refractivity contribution is 8.02. The third kappa shape index (κ3) is 7.55. The quantitative estimate of drug-likeness (QED) is 0.184. The summed E-state index contributed by atoms with van der Waals surface area (Å²) in [5.74, 6) is 0.572. The first-order chi connectivity index (χ1) is 20.4. The molecule has 0 radical (unpaired) electrons. The van der Waals surface area contributed by atoms with E-state index in [9.17, 15) is 13.2 Å². The van der Waals surface area contributed by atoms with Gasteiger partial charge in [-0.3, -0.25) is 9.78 Å². The fraction of sp³-hybridized carbons (Fsp3) is 0.294. The van der Waals surface area contributed by atoms with E-state index in [0.29, 0.717) is 18.7 Å². The molecule has 1 aliphatic rings.